The Hall–Kier alpha value is -0.550. The molecular formula is C14H8Br2Cl2O2. The highest BCUT2D eigenvalue weighted by Gasteiger charge is 2.11. The number of carbonyl (C=O) groups excluding carboxylic acids is 1. The molecule has 20 heavy (non-hydrogen) atoms. The van der Waals surface area contributed by atoms with Crippen LogP contribution in [0.1, 0.15) is 10.4 Å². The number of ketones is 1. The van der Waals surface area contributed by atoms with Crippen molar-refractivity contribution in [1.29, 1.82) is 0 Å². The number of rotatable bonds is 4. The number of Topliss-reactive ketones (excluding diaryl/α,β-unsaturated/α-hetero) is 1. The maximum Gasteiger partial charge on any atom is 0.200 e. The van der Waals surface area contributed by atoms with Gasteiger partial charge in [0.25, 0.3) is 0 Å². The summed E-state index contributed by atoms with van der Waals surface area (Å²) >= 11 is 18.6. The second-order valence-electron chi connectivity index (χ2n) is 3.92. The molecule has 2 aromatic carbocycles. The molecule has 0 heterocycles. The number of halogens is 4. The van der Waals surface area contributed by atoms with E-state index in [0.29, 0.717) is 25.8 Å². The number of ether oxygens (including phenoxy) is 1. The van der Waals surface area contributed by atoms with Crippen LogP contribution in [0.5, 0.6) is 5.75 Å². The molecule has 2 nitrogen and oxygen atoms in total. The molecule has 0 amide bonds. The van der Waals surface area contributed by atoms with Crippen molar-refractivity contribution >= 4 is 60.8 Å². The molecule has 0 aromatic heterocycles. The lowest BCUT2D eigenvalue weighted by Crippen LogP contribution is -2.11. The van der Waals surface area contributed by atoms with Gasteiger partial charge in [-0.3, -0.25) is 4.79 Å². The molecule has 0 saturated heterocycles. The average Bonchev–Trinajstić information content (AvgIpc) is 2.41. The van der Waals surface area contributed by atoms with Gasteiger partial charge < -0.3 is 4.74 Å². The molecule has 0 radical (unpaired) electrons. The molecule has 0 fully saturated rings. The number of hydrogen-bond acceptors (Lipinski definition) is 2. The van der Waals surface area contributed by atoms with E-state index in [1.165, 1.54) is 0 Å². The lowest BCUT2D eigenvalue weighted by Gasteiger charge is -2.09. The van der Waals surface area contributed by atoms with Gasteiger partial charge in [-0.25, -0.2) is 0 Å². The fraction of sp³-hybridized carbons (Fsp3) is 0.0714. The molecule has 2 rings (SSSR count). The molecule has 104 valence electrons. The summed E-state index contributed by atoms with van der Waals surface area (Å²) in [6.07, 6.45) is 0. The Morgan fingerprint density at radius 3 is 2.55 bits per heavy atom. The SMILES string of the molecule is O=C(COc1cc(Cl)c(Br)cc1Cl)c1cccc(Br)c1. The molecule has 0 N–H and O–H groups in total. The number of benzene rings is 2. The van der Waals surface area contributed by atoms with Crippen LogP contribution in [0.15, 0.2) is 45.3 Å². The Bertz CT molecular complexity index is 660. The van der Waals surface area contributed by atoms with Crippen LogP contribution in [0, 0.1) is 0 Å². The minimum Gasteiger partial charge on any atom is -0.484 e. The summed E-state index contributed by atoms with van der Waals surface area (Å²) in [5, 5.41) is 0.864. The van der Waals surface area contributed by atoms with Crippen LogP contribution in [-0.4, -0.2) is 12.4 Å². The van der Waals surface area contributed by atoms with E-state index in [1.54, 1.807) is 30.3 Å². The zero-order valence-electron chi connectivity index (χ0n) is 10.00. The lowest BCUT2D eigenvalue weighted by molar-refractivity contribution is 0.0921. The Labute approximate surface area is 143 Å². The fourth-order valence-electron chi connectivity index (χ4n) is 1.50. The van der Waals surface area contributed by atoms with Crippen molar-refractivity contribution in [2.45, 2.75) is 0 Å². The van der Waals surface area contributed by atoms with Crippen molar-refractivity contribution in [3.8, 4) is 5.75 Å². The smallest absolute Gasteiger partial charge is 0.200 e. The van der Waals surface area contributed by atoms with Crippen molar-refractivity contribution < 1.29 is 9.53 Å². The minimum atomic E-state index is -0.138. The first-order chi connectivity index (χ1) is 9.47. The first-order valence-electron chi connectivity index (χ1n) is 5.53. The third kappa shape index (κ3) is 3.98. The standard InChI is InChI=1S/C14H8Br2Cl2O2/c15-9-3-1-2-8(4-9)13(19)7-20-14-6-11(17)10(16)5-12(14)18/h1-6H,7H2. The highest BCUT2D eigenvalue weighted by molar-refractivity contribution is 9.10. The molecule has 0 atom stereocenters. The predicted octanol–water partition coefficient (Wildman–Crippen LogP) is 5.78. The second kappa shape index (κ2) is 6.94. The maximum absolute atomic E-state index is 12.0. The van der Waals surface area contributed by atoms with Crippen LogP contribution in [-0.2, 0) is 0 Å². The van der Waals surface area contributed by atoms with Crippen LogP contribution in [0.25, 0.3) is 0 Å². The summed E-state index contributed by atoms with van der Waals surface area (Å²) in [6.45, 7) is -0.103. The summed E-state index contributed by atoms with van der Waals surface area (Å²) in [4.78, 5) is 12.0. The largest absolute Gasteiger partial charge is 0.484 e. The van der Waals surface area contributed by atoms with Gasteiger partial charge in [-0.2, -0.15) is 0 Å². The van der Waals surface area contributed by atoms with Crippen molar-refractivity contribution in [3.05, 3.63) is 61.0 Å². The molecular weight excluding hydrogens is 431 g/mol. The van der Waals surface area contributed by atoms with E-state index < -0.39 is 0 Å². The average molecular weight is 439 g/mol. The van der Waals surface area contributed by atoms with Gasteiger partial charge >= 0.3 is 0 Å². The topological polar surface area (TPSA) is 26.3 Å². The van der Waals surface area contributed by atoms with E-state index in [1.807, 2.05) is 6.07 Å². The van der Waals surface area contributed by atoms with Crippen molar-refractivity contribution in [2.75, 3.05) is 6.61 Å². The van der Waals surface area contributed by atoms with Gasteiger partial charge in [-0.15, -0.1) is 0 Å². The first-order valence-corrected chi connectivity index (χ1v) is 7.87. The Morgan fingerprint density at radius 2 is 1.85 bits per heavy atom. The summed E-state index contributed by atoms with van der Waals surface area (Å²) in [5.41, 5.74) is 0.568. The molecule has 6 heteroatoms. The Balaban J connectivity index is 2.09. The zero-order valence-corrected chi connectivity index (χ0v) is 14.7. The third-order valence-corrected chi connectivity index (χ3v) is 4.47. The van der Waals surface area contributed by atoms with Crippen LogP contribution in [0.2, 0.25) is 10.0 Å². The van der Waals surface area contributed by atoms with E-state index in [4.69, 9.17) is 27.9 Å². The minimum absolute atomic E-state index is 0.103. The van der Waals surface area contributed by atoms with Crippen molar-refractivity contribution in [2.24, 2.45) is 0 Å². The van der Waals surface area contributed by atoms with Crippen LogP contribution < -0.4 is 4.74 Å². The van der Waals surface area contributed by atoms with Gasteiger partial charge in [0.15, 0.2) is 12.4 Å². The molecule has 0 aliphatic rings. The van der Waals surface area contributed by atoms with Crippen LogP contribution in [0.3, 0.4) is 0 Å². The highest BCUT2D eigenvalue weighted by Crippen LogP contribution is 2.34. The van der Waals surface area contributed by atoms with E-state index in [2.05, 4.69) is 31.9 Å². The van der Waals surface area contributed by atoms with Crippen molar-refractivity contribution in [3.63, 3.8) is 0 Å². The van der Waals surface area contributed by atoms with E-state index in [-0.39, 0.29) is 12.4 Å². The monoisotopic (exact) mass is 436 g/mol. The molecule has 0 aliphatic heterocycles. The molecule has 0 unspecified atom stereocenters. The van der Waals surface area contributed by atoms with E-state index in [0.717, 1.165) is 4.47 Å². The summed E-state index contributed by atoms with van der Waals surface area (Å²) in [5.74, 6) is 0.240. The van der Waals surface area contributed by atoms with Gasteiger partial charge in [0.1, 0.15) is 5.75 Å². The van der Waals surface area contributed by atoms with Gasteiger partial charge in [0.2, 0.25) is 0 Å². The third-order valence-electron chi connectivity index (χ3n) is 2.48. The first kappa shape index (κ1) is 15.8. The van der Waals surface area contributed by atoms with Gasteiger partial charge in [0.05, 0.1) is 10.0 Å². The van der Waals surface area contributed by atoms with Crippen LogP contribution in [0.4, 0.5) is 0 Å². The van der Waals surface area contributed by atoms with Gasteiger partial charge in [-0.1, -0.05) is 51.3 Å². The molecule has 0 bridgehead atoms. The van der Waals surface area contributed by atoms with E-state index in [9.17, 15) is 4.79 Å². The molecule has 0 aliphatic carbocycles. The van der Waals surface area contributed by atoms with Crippen LogP contribution >= 0.6 is 55.1 Å². The van der Waals surface area contributed by atoms with Gasteiger partial charge in [-0.05, 0) is 34.1 Å². The Morgan fingerprint density at radius 1 is 1.10 bits per heavy atom. The van der Waals surface area contributed by atoms with E-state index >= 15 is 0 Å². The molecule has 2 aromatic rings. The zero-order chi connectivity index (χ0) is 14.7. The maximum atomic E-state index is 12.0. The fourth-order valence-corrected chi connectivity index (χ4v) is 2.75. The second-order valence-corrected chi connectivity index (χ2v) is 6.50. The molecule has 0 spiro atoms. The lowest BCUT2D eigenvalue weighted by atomic mass is 10.1. The predicted molar refractivity (Wildman–Crippen MR) is 88.1 cm³/mol. The summed E-state index contributed by atoms with van der Waals surface area (Å²) in [7, 11) is 0. The normalized spacial score (nSPS) is 10.4. The van der Waals surface area contributed by atoms with Crippen molar-refractivity contribution in [1.82, 2.24) is 0 Å². The molecule has 0 saturated carbocycles. The Kier molecular flexibility index (Phi) is 5.49. The highest BCUT2D eigenvalue weighted by atomic mass is 79.9. The number of hydrogen-bond donors (Lipinski definition) is 0. The number of carbonyl (C=O) groups is 1. The summed E-state index contributed by atoms with van der Waals surface area (Å²) < 4.78 is 6.94. The summed E-state index contributed by atoms with van der Waals surface area (Å²) in [6, 6.07) is 10.3. The van der Waals surface area contributed by atoms with Gasteiger partial charge in [0, 0.05) is 20.6 Å². The quantitative estimate of drug-likeness (QED) is 0.446.